The molecule has 0 rings (SSSR count). The van der Waals surface area contributed by atoms with Gasteiger partial charge in [0.25, 0.3) is 0 Å². The summed E-state index contributed by atoms with van der Waals surface area (Å²) in [5.74, 6) is 0.0460. The van der Waals surface area contributed by atoms with Crippen LogP contribution in [0.2, 0.25) is 0 Å². The molecule has 0 aromatic heterocycles. The quantitative estimate of drug-likeness (QED) is 0.357. The molecule has 0 aliphatic carbocycles. The molecule has 0 saturated heterocycles. The van der Waals surface area contributed by atoms with Gasteiger partial charge in [-0.3, -0.25) is 0 Å². The van der Waals surface area contributed by atoms with Gasteiger partial charge in [0.2, 0.25) is 0 Å². The third-order valence-corrected chi connectivity index (χ3v) is 1.42. The Balaban J connectivity index is 3.82. The Morgan fingerprint density at radius 3 is 2.45 bits per heavy atom. The first-order valence-corrected chi connectivity index (χ1v) is 3.82. The molecule has 0 amide bonds. The van der Waals surface area contributed by atoms with Crippen molar-refractivity contribution in [2.75, 3.05) is 0 Å². The molecule has 64 valence electrons. The van der Waals surface area contributed by atoms with Gasteiger partial charge in [0.15, 0.2) is 0 Å². The van der Waals surface area contributed by atoms with Gasteiger partial charge < -0.3 is 4.84 Å². The smallest absolute Gasteiger partial charge is 0.318 e. The fourth-order valence-electron chi connectivity index (χ4n) is 0.293. The van der Waals surface area contributed by atoms with Crippen molar-refractivity contribution in [1.82, 2.24) is 0 Å². The van der Waals surface area contributed by atoms with Crippen molar-refractivity contribution in [3.63, 3.8) is 0 Å². The molecule has 0 aliphatic heterocycles. The van der Waals surface area contributed by atoms with Crippen molar-refractivity contribution in [3.05, 3.63) is 0 Å². The standard InChI is InChI=1S/C8H15NO2/c1-5-8(10)11-9-7(4)6(2)3/h6H,5H2,1-4H3/b9-7-. The summed E-state index contributed by atoms with van der Waals surface area (Å²) in [6.07, 6.45) is 0.370. The maximum absolute atomic E-state index is 10.6. The van der Waals surface area contributed by atoms with E-state index >= 15 is 0 Å². The first-order valence-electron chi connectivity index (χ1n) is 3.82. The molecule has 0 bridgehead atoms. The molecule has 3 nitrogen and oxygen atoms in total. The molecule has 0 spiro atoms. The topological polar surface area (TPSA) is 38.7 Å². The number of hydrogen-bond donors (Lipinski definition) is 0. The van der Waals surface area contributed by atoms with Gasteiger partial charge in [0, 0.05) is 6.42 Å². The summed E-state index contributed by atoms with van der Waals surface area (Å²) < 4.78 is 0. The van der Waals surface area contributed by atoms with Crippen LogP contribution in [0.5, 0.6) is 0 Å². The number of rotatable bonds is 3. The van der Waals surface area contributed by atoms with E-state index in [4.69, 9.17) is 0 Å². The number of carbonyl (C=O) groups is 1. The normalized spacial score (nSPS) is 11.9. The second-order valence-corrected chi connectivity index (χ2v) is 2.70. The average Bonchev–Trinajstić information content (AvgIpc) is 1.99. The van der Waals surface area contributed by atoms with Crippen molar-refractivity contribution in [2.24, 2.45) is 11.1 Å². The highest BCUT2D eigenvalue weighted by molar-refractivity contribution is 5.84. The number of hydrogen-bond acceptors (Lipinski definition) is 3. The Hall–Kier alpha value is -0.860. The van der Waals surface area contributed by atoms with Gasteiger partial charge in [-0.1, -0.05) is 25.9 Å². The summed E-state index contributed by atoms with van der Waals surface area (Å²) in [7, 11) is 0. The van der Waals surface area contributed by atoms with Crippen LogP contribution in [0.25, 0.3) is 0 Å². The van der Waals surface area contributed by atoms with E-state index in [9.17, 15) is 4.79 Å². The molecular weight excluding hydrogens is 142 g/mol. The summed E-state index contributed by atoms with van der Waals surface area (Å²) in [5.41, 5.74) is 0.840. The highest BCUT2D eigenvalue weighted by Crippen LogP contribution is 1.97. The monoisotopic (exact) mass is 157 g/mol. The van der Waals surface area contributed by atoms with Crippen LogP contribution in [0.15, 0.2) is 5.16 Å². The predicted octanol–water partition coefficient (Wildman–Crippen LogP) is 1.97. The Morgan fingerprint density at radius 2 is 2.09 bits per heavy atom. The molecule has 0 aromatic carbocycles. The summed E-state index contributed by atoms with van der Waals surface area (Å²) >= 11 is 0. The highest BCUT2D eigenvalue weighted by atomic mass is 16.7. The van der Waals surface area contributed by atoms with Crippen molar-refractivity contribution in [3.8, 4) is 0 Å². The second kappa shape index (κ2) is 4.88. The van der Waals surface area contributed by atoms with E-state index in [0.717, 1.165) is 5.71 Å². The largest absolute Gasteiger partial charge is 0.334 e. The molecule has 0 aromatic rings. The lowest BCUT2D eigenvalue weighted by atomic mass is 10.1. The molecule has 0 aliphatic rings. The summed E-state index contributed by atoms with van der Waals surface area (Å²) in [5, 5.41) is 3.66. The zero-order valence-corrected chi connectivity index (χ0v) is 7.55. The minimum atomic E-state index is -0.287. The van der Waals surface area contributed by atoms with Gasteiger partial charge in [-0.2, -0.15) is 0 Å². The van der Waals surface area contributed by atoms with Crippen LogP contribution in [-0.2, 0) is 9.63 Å². The average molecular weight is 157 g/mol. The van der Waals surface area contributed by atoms with Crippen LogP contribution in [0.3, 0.4) is 0 Å². The number of carbonyl (C=O) groups excluding carboxylic acids is 1. The molecule has 0 unspecified atom stereocenters. The molecule has 11 heavy (non-hydrogen) atoms. The summed E-state index contributed by atoms with van der Waals surface area (Å²) in [6, 6.07) is 0. The van der Waals surface area contributed by atoms with E-state index in [1.165, 1.54) is 0 Å². The molecule has 0 N–H and O–H groups in total. The van der Waals surface area contributed by atoms with Gasteiger partial charge in [0.1, 0.15) is 0 Å². The van der Waals surface area contributed by atoms with Crippen LogP contribution >= 0.6 is 0 Å². The fraction of sp³-hybridized carbons (Fsp3) is 0.750. The molecule has 0 radical (unpaired) electrons. The van der Waals surface area contributed by atoms with E-state index in [1.807, 2.05) is 20.8 Å². The highest BCUT2D eigenvalue weighted by Gasteiger charge is 2.00. The fourth-order valence-corrected chi connectivity index (χ4v) is 0.293. The van der Waals surface area contributed by atoms with Gasteiger partial charge in [-0.05, 0) is 12.8 Å². The molecule has 0 atom stereocenters. The first-order chi connectivity index (χ1) is 5.07. The third kappa shape index (κ3) is 4.53. The molecule has 3 heteroatoms. The predicted molar refractivity (Wildman–Crippen MR) is 44.3 cm³/mol. The molecular formula is C8H15NO2. The van der Waals surface area contributed by atoms with E-state index in [0.29, 0.717) is 12.3 Å². The maximum Gasteiger partial charge on any atom is 0.334 e. The zero-order chi connectivity index (χ0) is 8.85. The summed E-state index contributed by atoms with van der Waals surface area (Å²) in [4.78, 5) is 15.2. The van der Waals surface area contributed by atoms with Crippen molar-refractivity contribution in [2.45, 2.75) is 34.1 Å². The van der Waals surface area contributed by atoms with Crippen molar-refractivity contribution in [1.29, 1.82) is 0 Å². The van der Waals surface area contributed by atoms with E-state index < -0.39 is 0 Å². The minimum Gasteiger partial charge on any atom is -0.318 e. The van der Waals surface area contributed by atoms with Crippen LogP contribution < -0.4 is 0 Å². The van der Waals surface area contributed by atoms with Crippen LogP contribution in [0, 0.1) is 5.92 Å². The second-order valence-electron chi connectivity index (χ2n) is 2.70. The van der Waals surface area contributed by atoms with E-state index in [2.05, 4.69) is 9.99 Å². The van der Waals surface area contributed by atoms with Crippen molar-refractivity contribution < 1.29 is 9.63 Å². The molecule has 0 saturated carbocycles. The Bertz CT molecular complexity index is 161. The molecule has 0 fully saturated rings. The van der Waals surface area contributed by atoms with E-state index in [-0.39, 0.29) is 5.97 Å². The Kier molecular flexibility index (Phi) is 4.50. The van der Waals surface area contributed by atoms with Crippen LogP contribution in [-0.4, -0.2) is 11.7 Å². The Labute approximate surface area is 67.4 Å². The third-order valence-electron chi connectivity index (χ3n) is 1.42. The Morgan fingerprint density at radius 1 is 1.55 bits per heavy atom. The van der Waals surface area contributed by atoms with E-state index in [1.54, 1.807) is 6.92 Å². The lowest BCUT2D eigenvalue weighted by Gasteiger charge is -2.01. The van der Waals surface area contributed by atoms with Gasteiger partial charge in [-0.15, -0.1) is 0 Å². The summed E-state index contributed by atoms with van der Waals surface area (Å²) in [6.45, 7) is 7.58. The maximum atomic E-state index is 10.6. The van der Waals surface area contributed by atoms with Gasteiger partial charge >= 0.3 is 5.97 Å². The van der Waals surface area contributed by atoms with Gasteiger partial charge in [-0.25, -0.2) is 4.79 Å². The first kappa shape index (κ1) is 10.1. The van der Waals surface area contributed by atoms with Crippen LogP contribution in [0.4, 0.5) is 0 Å². The lowest BCUT2D eigenvalue weighted by Crippen LogP contribution is -2.05. The van der Waals surface area contributed by atoms with Crippen LogP contribution in [0.1, 0.15) is 34.1 Å². The van der Waals surface area contributed by atoms with Gasteiger partial charge in [0.05, 0.1) is 5.71 Å². The number of nitrogens with zero attached hydrogens (tertiary/aromatic N) is 1. The SMILES string of the molecule is CCC(=O)O/N=C(/C)C(C)C. The zero-order valence-electron chi connectivity index (χ0n) is 7.55. The lowest BCUT2D eigenvalue weighted by molar-refractivity contribution is -0.143. The molecule has 0 heterocycles. The van der Waals surface area contributed by atoms with Crippen molar-refractivity contribution >= 4 is 11.7 Å². The minimum absolute atomic E-state index is 0.287. The number of oxime groups is 1.